The molecule has 0 amide bonds. The number of likely N-dealkylation sites (N-methyl/N-ethyl adjacent to an activating group) is 2. The number of furan rings is 1. The van der Waals surface area contributed by atoms with E-state index in [1.165, 1.54) is 26.5 Å². The number of carbonyl (C=O) groups excluding carboxylic acids is 1. The van der Waals surface area contributed by atoms with Crippen LogP contribution in [0.2, 0.25) is 0 Å². The topological polar surface area (TPSA) is 45.9 Å². The molecule has 0 radical (unpaired) electrons. The first-order valence-electron chi connectivity index (χ1n) is 7.69. The van der Waals surface area contributed by atoms with Gasteiger partial charge in [0.05, 0.1) is 13.2 Å². The van der Waals surface area contributed by atoms with Crippen molar-refractivity contribution in [3.8, 4) is 0 Å². The van der Waals surface area contributed by atoms with Crippen molar-refractivity contribution in [3.63, 3.8) is 0 Å². The zero-order chi connectivity index (χ0) is 15.4. The number of likely N-dealkylation sites (tertiary alicyclic amines) is 1. The smallest absolute Gasteiger partial charge is 0.373 e. The van der Waals surface area contributed by atoms with Gasteiger partial charge in [-0.05, 0) is 52.0 Å². The van der Waals surface area contributed by atoms with E-state index in [9.17, 15) is 4.79 Å². The standard InChI is InChI=1S/C16H26N2O3/c1-5-18-10-6-7-13(18)11-17(3)12(2)14-8-9-15(21-14)16(19)20-4/h8-9,12-13H,5-7,10-11H2,1-4H3. The predicted octanol–water partition coefficient (Wildman–Crippen LogP) is 2.54. The first kappa shape index (κ1) is 16.0. The summed E-state index contributed by atoms with van der Waals surface area (Å²) in [5.74, 6) is 0.645. The highest BCUT2D eigenvalue weighted by Gasteiger charge is 2.26. The summed E-state index contributed by atoms with van der Waals surface area (Å²) < 4.78 is 10.3. The number of esters is 1. The second kappa shape index (κ2) is 7.09. The Morgan fingerprint density at radius 2 is 2.33 bits per heavy atom. The molecule has 0 bridgehead atoms. The van der Waals surface area contributed by atoms with Crippen molar-refractivity contribution in [1.82, 2.24) is 9.80 Å². The summed E-state index contributed by atoms with van der Waals surface area (Å²) in [6.45, 7) is 7.65. The van der Waals surface area contributed by atoms with Crippen molar-refractivity contribution in [1.29, 1.82) is 0 Å². The minimum atomic E-state index is -0.427. The molecule has 0 spiro atoms. The fourth-order valence-electron chi connectivity index (χ4n) is 3.01. The van der Waals surface area contributed by atoms with Crippen molar-refractivity contribution in [2.24, 2.45) is 0 Å². The van der Waals surface area contributed by atoms with Crippen LogP contribution in [-0.2, 0) is 4.74 Å². The lowest BCUT2D eigenvalue weighted by Crippen LogP contribution is -2.39. The Morgan fingerprint density at radius 1 is 1.57 bits per heavy atom. The van der Waals surface area contributed by atoms with Gasteiger partial charge in [0, 0.05) is 12.6 Å². The van der Waals surface area contributed by atoms with Crippen LogP contribution in [0.3, 0.4) is 0 Å². The minimum absolute atomic E-state index is 0.141. The Balaban J connectivity index is 1.97. The minimum Gasteiger partial charge on any atom is -0.463 e. The average Bonchev–Trinajstić information content (AvgIpc) is 3.14. The number of nitrogens with zero attached hydrogens (tertiary/aromatic N) is 2. The van der Waals surface area contributed by atoms with Gasteiger partial charge in [0.1, 0.15) is 5.76 Å². The lowest BCUT2D eigenvalue weighted by Gasteiger charge is -2.30. The first-order valence-corrected chi connectivity index (χ1v) is 7.69. The molecule has 1 saturated heterocycles. The van der Waals surface area contributed by atoms with Gasteiger partial charge in [-0.1, -0.05) is 6.92 Å². The Labute approximate surface area is 126 Å². The van der Waals surface area contributed by atoms with E-state index in [1.54, 1.807) is 6.07 Å². The third-order valence-corrected chi connectivity index (χ3v) is 4.49. The fraction of sp³-hybridized carbons (Fsp3) is 0.688. The van der Waals surface area contributed by atoms with Crippen LogP contribution < -0.4 is 0 Å². The van der Waals surface area contributed by atoms with Crippen molar-refractivity contribution in [3.05, 3.63) is 23.7 Å². The maximum atomic E-state index is 11.4. The Morgan fingerprint density at radius 3 is 3.00 bits per heavy atom. The molecular weight excluding hydrogens is 268 g/mol. The van der Waals surface area contributed by atoms with Gasteiger partial charge in [-0.2, -0.15) is 0 Å². The van der Waals surface area contributed by atoms with E-state index in [4.69, 9.17) is 4.42 Å². The van der Waals surface area contributed by atoms with Gasteiger partial charge in [0.25, 0.3) is 0 Å². The maximum Gasteiger partial charge on any atom is 0.373 e. The zero-order valence-corrected chi connectivity index (χ0v) is 13.5. The third kappa shape index (κ3) is 3.66. The van der Waals surface area contributed by atoms with Crippen LogP contribution in [0, 0.1) is 0 Å². The second-order valence-corrected chi connectivity index (χ2v) is 5.73. The van der Waals surface area contributed by atoms with Gasteiger partial charge in [-0.3, -0.25) is 9.80 Å². The summed E-state index contributed by atoms with van der Waals surface area (Å²) in [6.07, 6.45) is 2.55. The van der Waals surface area contributed by atoms with Crippen LogP contribution in [0.5, 0.6) is 0 Å². The van der Waals surface area contributed by atoms with E-state index in [0.717, 1.165) is 18.8 Å². The molecule has 2 atom stereocenters. The monoisotopic (exact) mass is 294 g/mol. The molecule has 21 heavy (non-hydrogen) atoms. The van der Waals surface area contributed by atoms with Crippen molar-refractivity contribution in [2.75, 3.05) is 33.8 Å². The summed E-state index contributed by atoms with van der Waals surface area (Å²) in [5, 5.41) is 0. The molecule has 1 fully saturated rings. The molecule has 5 heteroatoms. The largest absolute Gasteiger partial charge is 0.463 e. The lowest BCUT2D eigenvalue weighted by atomic mass is 10.1. The van der Waals surface area contributed by atoms with Gasteiger partial charge in [0.15, 0.2) is 0 Å². The Hall–Kier alpha value is -1.33. The molecule has 1 aromatic rings. The fourth-order valence-corrected chi connectivity index (χ4v) is 3.01. The van der Waals surface area contributed by atoms with E-state index >= 15 is 0 Å². The van der Waals surface area contributed by atoms with Crippen molar-refractivity contribution >= 4 is 5.97 Å². The summed E-state index contributed by atoms with van der Waals surface area (Å²) in [5.41, 5.74) is 0. The summed E-state index contributed by atoms with van der Waals surface area (Å²) in [7, 11) is 3.47. The predicted molar refractivity (Wildman–Crippen MR) is 81.4 cm³/mol. The van der Waals surface area contributed by atoms with Crippen LogP contribution >= 0.6 is 0 Å². The summed E-state index contributed by atoms with van der Waals surface area (Å²) >= 11 is 0. The van der Waals surface area contributed by atoms with Gasteiger partial charge >= 0.3 is 5.97 Å². The molecule has 1 aromatic heterocycles. The number of methoxy groups -OCH3 is 1. The zero-order valence-electron chi connectivity index (χ0n) is 13.5. The van der Waals surface area contributed by atoms with Crippen LogP contribution in [0.15, 0.2) is 16.5 Å². The molecule has 118 valence electrons. The highest BCUT2D eigenvalue weighted by Crippen LogP contribution is 2.24. The van der Waals surface area contributed by atoms with Gasteiger partial charge in [-0.25, -0.2) is 4.79 Å². The van der Waals surface area contributed by atoms with Gasteiger partial charge in [-0.15, -0.1) is 0 Å². The highest BCUT2D eigenvalue weighted by molar-refractivity contribution is 5.86. The lowest BCUT2D eigenvalue weighted by molar-refractivity contribution is 0.0558. The molecule has 5 nitrogen and oxygen atoms in total. The molecule has 0 saturated carbocycles. The van der Waals surface area contributed by atoms with E-state index in [-0.39, 0.29) is 11.8 Å². The average molecular weight is 294 g/mol. The quantitative estimate of drug-likeness (QED) is 0.755. The molecule has 1 aliphatic heterocycles. The molecule has 0 N–H and O–H groups in total. The normalized spacial score (nSPS) is 20.9. The number of rotatable bonds is 6. The molecule has 2 unspecified atom stereocenters. The van der Waals surface area contributed by atoms with Crippen LogP contribution in [0.25, 0.3) is 0 Å². The van der Waals surface area contributed by atoms with Crippen LogP contribution in [-0.4, -0.2) is 55.6 Å². The van der Waals surface area contributed by atoms with E-state index < -0.39 is 5.97 Å². The van der Waals surface area contributed by atoms with Crippen LogP contribution in [0.1, 0.15) is 49.0 Å². The third-order valence-electron chi connectivity index (χ3n) is 4.49. The van der Waals surface area contributed by atoms with E-state index in [0.29, 0.717) is 6.04 Å². The Bertz CT molecular complexity index is 472. The van der Waals surface area contributed by atoms with E-state index in [2.05, 4.69) is 35.4 Å². The number of hydrogen-bond donors (Lipinski definition) is 0. The van der Waals surface area contributed by atoms with Gasteiger partial charge < -0.3 is 9.15 Å². The van der Waals surface area contributed by atoms with Crippen molar-refractivity contribution < 1.29 is 13.9 Å². The first-order chi connectivity index (χ1) is 10.1. The maximum absolute atomic E-state index is 11.4. The number of carbonyl (C=O) groups is 1. The highest BCUT2D eigenvalue weighted by atomic mass is 16.5. The molecule has 0 aromatic carbocycles. The molecule has 2 heterocycles. The second-order valence-electron chi connectivity index (χ2n) is 5.73. The summed E-state index contributed by atoms with van der Waals surface area (Å²) in [4.78, 5) is 16.3. The molecule has 0 aliphatic carbocycles. The number of hydrogen-bond acceptors (Lipinski definition) is 5. The molecule has 2 rings (SSSR count). The number of ether oxygens (including phenoxy) is 1. The summed E-state index contributed by atoms with van der Waals surface area (Å²) in [6, 6.07) is 4.30. The van der Waals surface area contributed by atoms with Gasteiger partial charge in [0.2, 0.25) is 5.76 Å². The molecule has 1 aliphatic rings. The van der Waals surface area contributed by atoms with Crippen LogP contribution in [0.4, 0.5) is 0 Å². The molecular formula is C16H26N2O3. The van der Waals surface area contributed by atoms with Crippen molar-refractivity contribution in [2.45, 2.75) is 38.8 Å². The Kier molecular flexibility index (Phi) is 5.42. The SMILES string of the molecule is CCN1CCCC1CN(C)C(C)c1ccc(C(=O)OC)o1. The van der Waals surface area contributed by atoms with E-state index in [1.807, 2.05) is 6.07 Å².